The number of aromatic nitrogens is 3. The molecule has 0 saturated carbocycles. The molecule has 0 aliphatic heterocycles. The average Bonchev–Trinajstić information content (AvgIpc) is 2.40. The summed E-state index contributed by atoms with van der Waals surface area (Å²) in [7, 11) is 1.63. The van der Waals surface area contributed by atoms with Gasteiger partial charge in [0.25, 0.3) is 0 Å². The fraction of sp³-hybridized carbons (Fsp3) is 0.500. The van der Waals surface area contributed by atoms with Gasteiger partial charge in [0.2, 0.25) is 0 Å². The zero-order valence-electron chi connectivity index (χ0n) is 6.56. The Bertz CT molecular complexity index is 229. The molecule has 0 aromatic carbocycles. The van der Waals surface area contributed by atoms with Crippen LogP contribution in [0.25, 0.3) is 0 Å². The number of nitrogens with zero attached hydrogens (tertiary/aromatic N) is 4. The van der Waals surface area contributed by atoms with E-state index in [2.05, 4.69) is 15.3 Å². The lowest BCUT2D eigenvalue weighted by Crippen LogP contribution is -2.03. The molecule has 0 N–H and O–H groups in total. The fourth-order valence-electron chi connectivity index (χ4n) is 0.682. The maximum atomic E-state index is 4.87. The van der Waals surface area contributed by atoms with Crippen molar-refractivity contribution >= 4 is 5.71 Å². The third-order valence-corrected chi connectivity index (χ3v) is 1.05. The molecule has 0 spiro atoms. The molecule has 1 rings (SSSR count). The van der Waals surface area contributed by atoms with Gasteiger partial charge in [-0.25, -0.2) is 4.68 Å². The molecule has 0 bridgehead atoms. The molecular formula is C6H10N4O. The average molecular weight is 154 g/mol. The van der Waals surface area contributed by atoms with E-state index in [1.807, 2.05) is 6.92 Å². The van der Waals surface area contributed by atoms with Crippen LogP contribution in [0, 0.1) is 0 Å². The standard InChI is InChI=1S/C6H10N4O/c1-6(3-11-2)9-10-4-7-8-5-10/h4-5H,3H2,1-2H3/b9-6+. The lowest BCUT2D eigenvalue weighted by Gasteiger charge is -1.96. The van der Waals surface area contributed by atoms with Gasteiger partial charge >= 0.3 is 0 Å². The highest BCUT2D eigenvalue weighted by Crippen LogP contribution is 1.84. The van der Waals surface area contributed by atoms with Crippen molar-refractivity contribution < 1.29 is 4.74 Å². The van der Waals surface area contributed by atoms with Gasteiger partial charge in [0.15, 0.2) is 0 Å². The molecule has 0 aliphatic carbocycles. The van der Waals surface area contributed by atoms with E-state index in [0.717, 1.165) is 5.71 Å². The minimum Gasteiger partial charge on any atom is -0.379 e. The molecule has 0 saturated heterocycles. The molecule has 0 unspecified atom stereocenters. The Labute approximate surface area is 64.7 Å². The Kier molecular flexibility index (Phi) is 2.74. The Morgan fingerprint density at radius 2 is 2.18 bits per heavy atom. The Morgan fingerprint density at radius 1 is 1.55 bits per heavy atom. The Hall–Kier alpha value is -1.23. The van der Waals surface area contributed by atoms with Crippen LogP contribution in [0.1, 0.15) is 6.92 Å². The Balaban J connectivity index is 2.58. The summed E-state index contributed by atoms with van der Waals surface area (Å²) in [6.45, 7) is 2.40. The highest BCUT2D eigenvalue weighted by Gasteiger charge is 1.89. The van der Waals surface area contributed by atoms with Crippen LogP contribution in [0.15, 0.2) is 17.8 Å². The van der Waals surface area contributed by atoms with Crippen LogP contribution in [0.2, 0.25) is 0 Å². The van der Waals surface area contributed by atoms with Crippen LogP contribution in [0.3, 0.4) is 0 Å². The van der Waals surface area contributed by atoms with Crippen LogP contribution in [0.5, 0.6) is 0 Å². The summed E-state index contributed by atoms with van der Waals surface area (Å²) in [4.78, 5) is 0. The van der Waals surface area contributed by atoms with Crippen LogP contribution in [0.4, 0.5) is 0 Å². The molecule has 1 aromatic rings. The van der Waals surface area contributed by atoms with Gasteiger partial charge in [0.1, 0.15) is 12.7 Å². The van der Waals surface area contributed by atoms with Gasteiger partial charge in [-0.15, -0.1) is 10.2 Å². The van der Waals surface area contributed by atoms with Crippen molar-refractivity contribution in [3.63, 3.8) is 0 Å². The minimum atomic E-state index is 0.526. The predicted molar refractivity (Wildman–Crippen MR) is 40.4 cm³/mol. The van der Waals surface area contributed by atoms with Crippen LogP contribution >= 0.6 is 0 Å². The largest absolute Gasteiger partial charge is 0.379 e. The Morgan fingerprint density at radius 3 is 2.73 bits per heavy atom. The van der Waals surface area contributed by atoms with E-state index in [4.69, 9.17) is 4.74 Å². The summed E-state index contributed by atoms with van der Waals surface area (Å²) in [5.41, 5.74) is 0.882. The number of ether oxygens (including phenoxy) is 1. The first-order valence-electron chi connectivity index (χ1n) is 3.21. The van der Waals surface area contributed by atoms with Crippen molar-refractivity contribution in [3.05, 3.63) is 12.7 Å². The van der Waals surface area contributed by atoms with Gasteiger partial charge in [-0.05, 0) is 6.92 Å². The number of hydrogen-bond donors (Lipinski definition) is 0. The van der Waals surface area contributed by atoms with E-state index in [-0.39, 0.29) is 0 Å². The normalized spacial score (nSPS) is 12.0. The second-order valence-corrected chi connectivity index (χ2v) is 2.11. The maximum Gasteiger partial charge on any atom is 0.141 e. The molecule has 5 heteroatoms. The lowest BCUT2D eigenvalue weighted by molar-refractivity contribution is 0.244. The first-order chi connectivity index (χ1) is 5.33. The second-order valence-electron chi connectivity index (χ2n) is 2.11. The number of hydrogen-bond acceptors (Lipinski definition) is 4. The van der Waals surface area contributed by atoms with Gasteiger partial charge in [0, 0.05) is 7.11 Å². The van der Waals surface area contributed by atoms with Crippen molar-refractivity contribution in [2.45, 2.75) is 6.92 Å². The SMILES string of the molecule is COC/C(C)=N/n1cnnc1. The molecule has 1 aromatic heterocycles. The molecule has 0 atom stereocenters. The summed E-state index contributed by atoms with van der Waals surface area (Å²) in [5.74, 6) is 0. The van der Waals surface area contributed by atoms with Gasteiger partial charge in [0.05, 0.1) is 12.3 Å². The van der Waals surface area contributed by atoms with E-state index in [0.29, 0.717) is 6.61 Å². The summed E-state index contributed by atoms with van der Waals surface area (Å²) in [6, 6.07) is 0. The topological polar surface area (TPSA) is 52.3 Å². The zero-order chi connectivity index (χ0) is 8.10. The summed E-state index contributed by atoms with van der Waals surface area (Å²) < 4.78 is 6.40. The van der Waals surface area contributed by atoms with E-state index >= 15 is 0 Å². The third-order valence-electron chi connectivity index (χ3n) is 1.05. The van der Waals surface area contributed by atoms with E-state index in [1.54, 1.807) is 7.11 Å². The fourth-order valence-corrected chi connectivity index (χ4v) is 0.682. The van der Waals surface area contributed by atoms with Crippen LogP contribution in [-0.2, 0) is 4.74 Å². The van der Waals surface area contributed by atoms with Gasteiger partial charge in [-0.2, -0.15) is 5.10 Å². The van der Waals surface area contributed by atoms with Crippen LogP contribution < -0.4 is 0 Å². The smallest absolute Gasteiger partial charge is 0.141 e. The molecular weight excluding hydrogens is 144 g/mol. The maximum absolute atomic E-state index is 4.87. The molecule has 5 nitrogen and oxygen atoms in total. The van der Waals surface area contributed by atoms with Gasteiger partial charge in [-0.3, -0.25) is 0 Å². The summed E-state index contributed by atoms with van der Waals surface area (Å²) >= 11 is 0. The monoisotopic (exact) mass is 154 g/mol. The molecule has 0 radical (unpaired) electrons. The first-order valence-corrected chi connectivity index (χ1v) is 3.21. The minimum absolute atomic E-state index is 0.526. The van der Waals surface area contributed by atoms with E-state index in [1.165, 1.54) is 17.3 Å². The summed E-state index contributed by atoms with van der Waals surface area (Å²) in [5, 5.41) is 11.3. The molecule has 11 heavy (non-hydrogen) atoms. The van der Waals surface area contributed by atoms with Crippen molar-refractivity contribution in [2.24, 2.45) is 5.10 Å². The number of methoxy groups -OCH3 is 1. The molecule has 0 aliphatic rings. The number of rotatable bonds is 3. The second kappa shape index (κ2) is 3.82. The lowest BCUT2D eigenvalue weighted by atomic mass is 10.5. The highest BCUT2D eigenvalue weighted by molar-refractivity contribution is 5.82. The molecule has 0 fully saturated rings. The summed E-state index contributed by atoms with van der Waals surface area (Å²) in [6.07, 6.45) is 3.05. The van der Waals surface area contributed by atoms with Gasteiger partial charge < -0.3 is 4.74 Å². The highest BCUT2D eigenvalue weighted by atomic mass is 16.5. The van der Waals surface area contributed by atoms with E-state index in [9.17, 15) is 0 Å². The molecule has 1 heterocycles. The van der Waals surface area contributed by atoms with E-state index < -0.39 is 0 Å². The van der Waals surface area contributed by atoms with Crippen molar-refractivity contribution in [1.82, 2.24) is 14.9 Å². The zero-order valence-corrected chi connectivity index (χ0v) is 6.56. The molecule has 0 amide bonds. The van der Waals surface area contributed by atoms with Crippen LogP contribution in [-0.4, -0.2) is 34.3 Å². The predicted octanol–water partition coefficient (Wildman–Crippen LogP) is 0.148. The van der Waals surface area contributed by atoms with Crippen molar-refractivity contribution in [1.29, 1.82) is 0 Å². The third kappa shape index (κ3) is 2.46. The van der Waals surface area contributed by atoms with Crippen molar-refractivity contribution in [2.75, 3.05) is 13.7 Å². The van der Waals surface area contributed by atoms with Crippen molar-refractivity contribution in [3.8, 4) is 0 Å². The first kappa shape index (κ1) is 7.87. The van der Waals surface area contributed by atoms with Gasteiger partial charge in [-0.1, -0.05) is 0 Å². The molecule has 60 valence electrons. The quantitative estimate of drug-likeness (QED) is 0.582.